The second kappa shape index (κ2) is 10.4. The Morgan fingerprint density at radius 1 is 1.21 bits per heavy atom. The number of hydrogen-bond donors (Lipinski definition) is 2. The van der Waals surface area contributed by atoms with Crippen molar-refractivity contribution in [2.75, 3.05) is 13.2 Å². The van der Waals surface area contributed by atoms with Gasteiger partial charge in [0.05, 0.1) is 25.4 Å². The highest BCUT2D eigenvalue weighted by Crippen LogP contribution is 2.37. The molecule has 0 amide bonds. The second-order valence-electron chi connectivity index (χ2n) is 6.34. The first-order chi connectivity index (χ1) is 13.6. The first-order valence-electron chi connectivity index (χ1n) is 8.93. The molecule has 152 valence electrons. The van der Waals surface area contributed by atoms with Crippen LogP contribution >= 0.6 is 25.0 Å². The molecule has 0 spiro atoms. The summed E-state index contributed by atoms with van der Waals surface area (Å²) in [5.74, 6) is 0. The summed E-state index contributed by atoms with van der Waals surface area (Å²) in [5.41, 5.74) is 0.317. The average molecular weight is 473 g/mol. The van der Waals surface area contributed by atoms with Crippen LogP contribution in [0.2, 0.25) is 0 Å². The Morgan fingerprint density at radius 2 is 2.04 bits per heavy atom. The topological polar surface area (TPSA) is 103 Å². The molecule has 1 aromatic carbocycles. The normalized spacial score (nSPS) is 25.3. The Labute approximate surface area is 171 Å². The Morgan fingerprint density at radius 3 is 2.68 bits per heavy atom. The Bertz CT molecular complexity index is 883. The number of benzene rings is 1. The number of nitrogens with one attached hydrogen (secondary N) is 1. The fraction of sp³-hybridized carbons (Fsp3) is 0.444. The first-order valence-corrected chi connectivity index (χ1v) is 10.5. The van der Waals surface area contributed by atoms with Gasteiger partial charge >= 0.3 is 5.69 Å². The zero-order valence-electron chi connectivity index (χ0n) is 15.0. The van der Waals surface area contributed by atoms with Gasteiger partial charge < -0.3 is 18.9 Å². The molecule has 10 heteroatoms. The molecule has 0 radical (unpaired) electrons. The SMILES string of the molecule is Brc1ccccc1[C@@H]1CCOPO1.O=c1ccn(C2CCC(CO)O2)c(=O)[nH]1. The van der Waals surface area contributed by atoms with E-state index >= 15 is 0 Å². The molecular weight excluding hydrogens is 451 g/mol. The minimum atomic E-state index is -0.480. The standard InChI is InChI=1S/C9H10BrO2P.C9H12N2O4/c10-8-4-2-1-3-7(8)9-5-6-11-13-12-9;12-5-6-1-2-8(15-6)11-4-3-7(13)10-9(11)14/h1-4,9,13H,5-6H2;3-4,6,8,12H,1-2,5H2,(H,10,13,14)/t9-;/m0./s1. The molecule has 2 N–H and O–H groups in total. The van der Waals surface area contributed by atoms with Crippen molar-refractivity contribution in [3.8, 4) is 0 Å². The second-order valence-corrected chi connectivity index (χ2v) is 7.88. The minimum Gasteiger partial charge on any atom is -0.394 e. The summed E-state index contributed by atoms with van der Waals surface area (Å²) in [4.78, 5) is 24.4. The number of nitrogens with zero attached hydrogens (tertiary/aromatic N) is 1. The molecule has 2 aliphatic rings. The summed E-state index contributed by atoms with van der Waals surface area (Å²) in [7, 11) is 0.183. The molecule has 0 bridgehead atoms. The summed E-state index contributed by atoms with van der Waals surface area (Å²) < 4.78 is 18.5. The largest absolute Gasteiger partial charge is 0.394 e. The quantitative estimate of drug-likeness (QED) is 0.665. The van der Waals surface area contributed by atoms with Crippen molar-refractivity contribution in [2.24, 2.45) is 0 Å². The molecule has 8 nitrogen and oxygen atoms in total. The number of aromatic amines is 1. The van der Waals surface area contributed by atoms with Crippen molar-refractivity contribution in [1.29, 1.82) is 0 Å². The van der Waals surface area contributed by atoms with E-state index in [1.165, 1.54) is 22.4 Å². The van der Waals surface area contributed by atoms with Crippen LogP contribution in [0.3, 0.4) is 0 Å². The predicted molar refractivity (Wildman–Crippen MR) is 108 cm³/mol. The molecule has 2 aromatic rings. The molecule has 2 saturated heterocycles. The summed E-state index contributed by atoms with van der Waals surface area (Å²) in [6, 6.07) is 9.44. The van der Waals surface area contributed by atoms with Crippen LogP contribution in [0, 0.1) is 0 Å². The Balaban J connectivity index is 0.000000162. The number of ether oxygens (including phenoxy) is 1. The van der Waals surface area contributed by atoms with Crippen LogP contribution < -0.4 is 11.2 Å². The van der Waals surface area contributed by atoms with Gasteiger partial charge in [0.15, 0.2) is 9.03 Å². The highest BCUT2D eigenvalue weighted by atomic mass is 79.9. The summed E-state index contributed by atoms with van der Waals surface area (Å²) in [5, 5.41) is 8.87. The third kappa shape index (κ3) is 5.59. The van der Waals surface area contributed by atoms with E-state index in [0.29, 0.717) is 12.8 Å². The van der Waals surface area contributed by atoms with E-state index < -0.39 is 11.2 Å². The van der Waals surface area contributed by atoms with E-state index in [0.717, 1.165) is 17.5 Å². The number of halogens is 1. The minimum absolute atomic E-state index is 0.0470. The van der Waals surface area contributed by atoms with Gasteiger partial charge in [-0.25, -0.2) is 4.79 Å². The van der Waals surface area contributed by atoms with Crippen LogP contribution in [0.1, 0.15) is 37.2 Å². The van der Waals surface area contributed by atoms with Crippen LogP contribution in [0.5, 0.6) is 0 Å². The monoisotopic (exact) mass is 472 g/mol. The fourth-order valence-electron chi connectivity index (χ4n) is 2.99. The lowest BCUT2D eigenvalue weighted by Gasteiger charge is -2.23. The van der Waals surface area contributed by atoms with Crippen molar-refractivity contribution in [3.63, 3.8) is 0 Å². The van der Waals surface area contributed by atoms with Gasteiger partial charge in [0.2, 0.25) is 0 Å². The van der Waals surface area contributed by atoms with Crippen LogP contribution in [-0.2, 0) is 13.8 Å². The van der Waals surface area contributed by atoms with E-state index in [1.807, 2.05) is 18.2 Å². The molecule has 3 unspecified atom stereocenters. The molecule has 0 saturated carbocycles. The van der Waals surface area contributed by atoms with Gasteiger partial charge in [-0.2, -0.15) is 0 Å². The number of H-pyrrole nitrogens is 1. The van der Waals surface area contributed by atoms with E-state index in [2.05, 4.69) is 27.0 Å². The lowest BCUT2D eigenvalue weighted by Crippen LogP contribution is -2.31. The van der Waals surface area contributed by atoms with Gasteiger partial charge in [-0.05, 0) is 24.5 Å². The molecular formula is C18H22BrN2O6P. The van der Waals surface area contributed by atoms with E-state index in [-0.39, 0.29) is 34.1 Å². The molecule has 28 heavy (non-hydrogen) atoms. The zero-order chi connectivity index (χ0) is 19.9. The lowest BCUT2D eigenvalue weighted by molar-refractivity contribution is -0.0246. The van der Waals surface area contributed by atoms with Gasteiger partial charge in [0, 0.05) is 23.2 Å². The van der Waals surface area contributed by atoms with Gasteiger partial charge in [-0.3, -0.25) is 14.3 Å². The summed E-state index contributed by atoms with van der Waals surface area (Å²) in [6.45, 7) is 0.749. The van der Waals surface area contributed by atoms with Gasteiger partial charge in [-0.1, -0.05) is 34.1 Å². The molecule has 4 rings (SSSR count). The predicted octanol–water partition coefficient (Wildman–Crippen LogP) is 2.64. The van der Waals surface area contributed by atoms with Crippen LogP contribution in [0.4, 0.5) is 0 Å². The van der Waals surface area contributed by atoms with Crippen molar-refractivity contribution in [3.05, 3.63) is 67.4 Å². The van der Waals surface area contributed by atoms with E-state index in [1.54, 1.807) is 0 Å². The van der Waals surface area contributed by atoms with Crippen molar-refractivity contribution in [2.45, 2.75) is 37.7 Å². The van der Waals surface area contributed by atoms with Crippen molar-refractivity contribution < 1.29 is 18.9 Å². The molecule has 2 fully saturated rings. The maximum atomic E-state index is 11.4. The third-order valence-corrected chi connectivity index (χ3v) is 5.86. The molecule has 3 heterocycles. The summed E-state index contributed by atoms with van der Waals surface area (Å²) in [6.07, 6.45) is 3.33. The van der Waals surface area contributed by atoms with Crippen LogP contribution in [-0.4, -0.2) is 34.0 Å². The smallest absolute Gasteiger partial charge is 0.330 e. The molecule has 1 aromatic heterocycles. The molecule has 4 atom stereocenters. The lowest BCUT2D eigenvalue weighted by atomic mass is 10.1. The van der Waals surface area contributed by atoms with Crippen LogP contribution in [0.25, 0.3) is 0 Å². The number of aliphatic hydroxyl groups is 1. The zero-order valence-corrected chi connectivity index (χ0v) is 17.6. The molecule has 2 aliphatic heterocycles. The summed E-state index contributed by atoms with van der Waals surface area (Å²) >= 11 is 3.51. The Hall–Kier alpha value is -1.35. The van der Waals surface area contributed by atoms with Crippen LogP contribution in [0.15, 0.2) is 50.6 Å². The van der Waals surface area contributed by atoms with E-state index in [4.69, 9.17) is 18.9 Å². The maximum absolute atomic E-state index is 11.4. The number of aliphatic hydroxyl groups excluding tert-OH is 1. The highest BCUT2D eigenvalue weighted by molar-refractivity contribution is 9.10. The highest BCUT2D eigenvalue weighted by Gasteiger charge is 2.26. The number of rotatable bonds is 3. The van der Waals surface area contributed by atoms with Gasteiger partial charge in [0.25, 0.3) is 5.56 Å². The van der Waals surface area contributed by atoms with Gasteiger partial charge in [0.1, 0.15) is 6.23 Å². The fourth-order valence-corrected chi connectivity index (χ4v) is 4.16. The average Bonchev–Trinajstić information content (AvgIpc) is 3.18. The Kier molecular flexibility index (Phi) is 7.96. The van der Waals surface area contributed by atoms with E-state index in [9.17, 15) is 9.59 Å². The third-order valence-electron chi connectivity index (χ3n) is 4.43. The van der Waals surface area contributed by atoms with Gasteiger partial charge in [-0.15, -0.1) is 0 Å². The maximum Gasteiger partial charge on any atom is 0.330 e. The van der Waals surface area contributed by atoms with Crippen molar-refractivity contribution >= 4 is 25.0 Å². The first kappa shape index (κ1) is 21.4. The number of aromatic nitrogens is 2. The van der Waals surface area contributed by atoms with Crippen molar-refractivity contribution in [1.82, 2.24) is 9.55 Å². The molecule has 0 aliphatic carbocycles. The number of hydrogen-bond acceptors (Lipinski definition) is 6.